The van der Waals surface area contributed by atoms with E-state index < -0.39 is 0 Å². The summed E-state index contributed by atoms with van der Waals surface area (Å²) in [7, 11) is 0. The predicted molar refractivity (Wildman–Crippen MR) is 71.7 cm³/mol. The minimum Gasteiger partial charge on any atom is -0.457 e. The number of benzene rings is 2. The highest BCUT2D eigenvalue weighted by Gasteiger charge is 2.05. The molecule has 0 spiro atoms. The molecule has 0 N–H and O–H groups in total. The van der Waals surface area contributed by atoms with Gasteiger partial charge in [0.2, 0.25) is 0 Å². The fraction of sp³-hybridized carbons (Fsp3) is 0.188. The molecule has 0 aliphatic carbocycles. The normalized spacial score (nSPS) is 9.83. The van der Waals surface area contributed by atoms with Crippen LogP contribution in [0, 0.1) is 25.2 Å². The smallest absolute Gasteiger partial charge is 0.131 e. The Hall–Kier alpha value is -2.27. The van der Waals surface area contributed by atoms with Gasteiger partial charge in [0.05, 0.1) is 12.5 Å². The Bertz CT molecular complexity index is 579. The second-order valence-electron chi connectivity index (χ2n) is 4.36. The van der Waals surface area contributed by atoms with Crippen molar-refractivity contribution in [1.29, 1.82) is 5.26 Å². The average molecular weight is 237 g/mol. The summed E-state index contributed by atoms with van der Waals surface area (Å²) in [6.45, 7) is 4.05. The third kappa shape index (κ3) is 2.89. The molecule has 2 aromatic rings. The van der Waals surface area contributed by atoms with Crippen molar-refractivity contribution in [2.45, 2.75) is 20.3 Å². The topological polar surface area (TPSA) is 33.0 Å². The van der Waals surface area contributed by atoms with E-state index >= 15 is 0 Å². The van der Waals surface area contributed by atoms with E-state index in [1.54, 1.807) is 0 Å². The number of aryl methyl sites for hydroxylation is 2. The summed E-state index contributed by atoms with van der Waals surface area (Å²) in [6.07, 6.45) is 0.364. The molecule has 0 amide bonds. The number of nitriles is 1. The quantitative estimate of drug-likeness (QED) is 0.803. The van der Waals surface area contributed by atoms with Crippen molar-refractivity contribution < 1.29 is 4.74 Å². The zero-order valence-corrected chi connectivity index (χ0v) is 10.6. The van der Waals surface area contributed by atoms with Crippen molar-refractivity contribution in [2.75, 3.05) is 0 Å². The lowest BCUT2D eigenvalue weighted by atomic mass is 10.1. The molecular weight excluding hydrogens is 222 g/mol. The summed E-state index contributed by atoms with van der Waals surface area (Å²) < 4.78 is 5.82. The molecule has 0 saturated carbocycles. The summed E-state index contributed by atoms with van der Waals surface area (Å²) in [5.74, 6) is 1.55. The van der Waals surface area contributed by atoms with Gasteiger partial charge in [-0.1, -0.05) is 35.4 Å². The van der Waals surface area contributed by atoms with Gasteiger partial charge in [0, 0.05) is 5.56 Å². The van der Waals surface area contributed by atoms with Crippen LogP contribution in [0.3, 0.4) is 0 Å². The minimum absolute atomic E-state index is 0.364. The predicted octanol–water partition coefficient (Wildman–Crippen LogP) is 4.16. The van der Waals surface area contributed by atoms with Gasteiger partial charge in [0.15, 0.2) is 0 Å². The Labute approximate surface area is 107 Å². The van der Waals surface area contributed by atoms with E-state index in [4.69, 9.17) is 10.00 Å². The first-order chi connectivity index (χ1) is 8.69. The highest BCUT2D eigenvalue weighted by molar-refractivity contribution is 5.41. The van der Waals surface area contributed by atoms with Gasteiger partial charge in [-0.15, -0.1) is 0 Å². The van der Waals surface area contributed by atoms with E-state index in [0.29, 0.717) is 6.42 Å². The van der Waals surface area contributed by atoms with Gasteiger partial charge in [-0.3, -0.25) is 0 Å². The highest BCUT2D eigenvalue weighted by Crippen LogP contribution is 2.26. The Morgan fingerprint density at radius 2 is 1.67 bits per heavy atom. The molecule has 0 bridgehead atoms. The zero-order chi connectivity index (χ0) is 13.0. The number of hydrogen-bond donors (Lipinski definition) is 0. The van der Waals surface area contributed by atoms with E-state index in [-0.39, 0.29) is 0 Å². The van der Waals surface area contributed by atoms with Crippen LogP contribution in [0.1, 0.15) is 16.7 Å². The molecule has 0 aliphatic heterocycles. The molecule has 0 radical (unpaired) electrons. The van der Waals surface area contributed by atoms with Gasteiger partial charge in [-0.25, -0.2) is 0 Å². The highest BCUT2D eigenvalue weighted by atomic mass is 16.5. The van der Waals surface area contributed by atoms with Crippen LogP contribution in [0.4, 0.5) is 0 Å². The minimum atomic E-state index is 0.364. The first-order valence-electron chi connectivity index (χ1n) is 5.90. The van der Waals surface area contributed by atoms with E-state index in [0.717, 1.165) is 22.6 Å². The lowest BCUT2D eigenvalue weighted by Gasteiger charge is -2.10. The Morgan fingerprint density at radius 3 is 2.33 bits per heavy atom. The molecule has 0 saturated heterocycles. The van der Waals surface area contributed by atoms with Crippen LogP contribution in [-0.2, 0) is 6.42 Å². The summed E-state index contributed by atoms with van der Waals surface area (Å²) in [5, 5.41) is 8.83. The van der Waals surface area contributed by atoms with Crippen LogP contribution < -0.4 is 4.74 Å². The zero-order valence-electron chi connectivity index (χ0n) is 10.6. The van der Waals surface area contributed by atoms with Gasteiger partial charge >= 0.3 is 0 Å². The van der Waals surface area contributed by atoms with Crippen molar-refractivity contribution in [1.82, 2.24) is 0 Å². The molecule has 0 heterocycles. The number of ether oxygens (including phenoxy) is 1. The molecule has 2 aromatic carbocycles. The van der Waals surface area contributed by atoms with Crippen molar-refractivity contribution in [3.05, 3.63) is 59.2 Å². The van der Waals surface area contributed by atoms with Crippen LogP contribution in [0.15, 0.2) is 42.5 Å². The Kier molecular flexibility index (Phi) is 3.64. The SMILES string of the molecule is Cc1ccc(Oc2ccc(C)cc2CC#N)cc1. The fourth-order valence-electron chi connectivity index (χ4n) is 1.76. The maximum atomic E-state index is 8.83. The average Bonchev–Trinajstić information content (AvgIpc) is 2.36. The number of rotatable bonds is 3. The van der Waals surface area contributed by atoms with Crippen molar-refractivity contribution in [2.24, 2.45) is 0 Å². The monoisotopic (exact) mass is 237 g/mol. The lowest BCUT2D eigenvalue weighted by Crippen LogP contribution is -1.92. The van der Waals surface area contributed by atoms with Gasteiger partial charge < -0.3 is 4.74 Å². The standard InChI is InChI=1S/C16H15NO/c1-12-3-6-15(7-4-12)18-16-8-5-13(2)11-14(16)9-10-17/h3-8,11H,9H2,1-2H3. The van der Waals surface area contributed by atoms with Gasteiger partial charge in [0.25, 0.3) is 0 Å². The number of nitrogens with zero attached hydrogens (tertiary/aromatic N) is 1. The molecule has 0 atom stereocenters. The van der Waals surface area contributed by atoms with Crippen LogP contribution in [0.5, 0.6) is 11.5 Å². The molecule has 18 heavy (non-hydrogen) atoms. The Balaban J connectivity index is 2.28. The summed E-state index contributed by atoms with van der Waals surface area (Å²) in [6, 6.07) is 16.0. The van der Waals surface area contributed by atoms with E-state index in [1.165, 1.54) is 5.56 Å². The largest absolute Gasteiger partial charge is 0.457 e. The lowest BCUT2D eigenvalue weighted by molar-refractivity contribution is 0.477. The summed E-state index contributed by atoms with van der Waals surface area (Å²) >= 11 is 0. The van der Waals surface area contributed by atoms with Gasteiger partial charge in [0.1, 0.15) is 11.5 Å². The maximum absolute atomic E-state index is 8.83. The molecule has 0 unspecified atom stereocenters. The van der Waals surface area contributed by atoms with Crippen molar-refractivity contribution in [3.8, 4) is 17.6 Å². The van der Waals surface area contributed by atoms with Crippen molar-refractivity contribution >= 4 is 0 Å². The summed E-state index contributed by atoms with van der Waals surface area (Å²) in [4.78, 5) is 0. The second kappa shape index (κ2) is 5.37. The Morgan fingerprint density at radius 1 is 1.00 bits per heavy atom. The molecule has 0 aromatic heterocycles. The fourth-order valence-corrected chi connectivity index (χ4v) is 1.76. The van der Waals surface area contributed by atoms with Crippen LogP contribution in [0.2, 0.25) is 0 Å². The first-order valence-corrected chi connectivity index (χ1v) is 5.90. The van der Waals surface area contributed by atoms with Crippen molar-refractivity contribution in [3.63, 3.8) is 0 Å². The van der Waals surface area contributed by atoms with E-state index in [9.17, 15) is 0 Å². The molecule has 2 nitrogen and oxygen atoms in total. The first kappa shape index (κ1) is 12.2. The molecule has 2 heteroatoms. The third-order valence-corrected chi connectivity index (χ3v) is 2.73. The van der Waals surface area contributed by atoms with Crippen LogP contribution in [-0.4, -0.2) is 0 Å². The summed E-state index contributed by atoms with van der Waals surface area (Å²) in [5.41, 5.74) is 3.26. The molecule has 0 aliphatic rings. The van der Waals surface area contributed by atoms with E-state index in [2.05, 4.69) is 6.07 Å². The number of hydrogen-bond acceptors (Lipinski definition) is 2. The molecule has 90 valence electrons. The van der Waals surface area contributed by atoms with Gasteiger partial charge in [-0.05, 0) is 32.0 Å². The molecular formula is C16H15NO. The van der Waals surface area contributed by atoms with Gasteiger partial charge in [-0.2, -0.15) is 5.26 Å². The maximum Gasteiger partial charge on any atom is 0.131 e. The molecule has 2 rings (SSSR count). The van der Waals surface area contributed by atoms with Crippen LogP contribution >= 0.6 is 0 Å². The van der Waals surface area contributed by atoms with E-state index in [1.807, 2.05) is 56.3 Å². The van der Waals surface area contributed by atoms with Crippen LogP contribution in [0.25, 0.3) is 0 Å². The third-order valence-electron chi connectivity index (χ3n) is 2.73. The molecule has 0 fully saturated rings. The second-order valence-corrected chi connectivity index (χ2v) is 4.36.